The van der Waals surface area contributed by atoms with Crippen molar-refractivity contribution in [2.45, 2.75) is 26.2 Å². The molecule has 6 nitrogen and oxygen atoms in total. The van der Waals surface area contributed by atoms with Crippen LogP contribution in [0.15, 0.2) is 60.7 Å². The first-order valence-electron chi connectivity index (χ1n) is 9.55. The van der Waals surface area contributed by atoms with Crippen molar-refractivity contribution in [2.75, 3.05) is 0 Å². The lowest BCUT2D eigenvalue weighted by Crippen LogP contribution is -2.15. The van der Waals surface area contributed by atoms with Gasteiger partial charge < -0.3 is 15.3 Å². The number of rotatable bonds is 2. The third-order valence-corrected chi connectivity index (χ3v) is 5.09. The van der Waals surface area contributed by atoms with E-state index in [0.29, 0.717) is 22.2 Å². The van der Waals surface area contributed by atoms with Crippen molar-refractivity contribution in [3.05, 3.63) is 71.8 Å². The fourth-order valence-corrected chi connectivity index (χ4v) is 3.40. The van der Waals surface area contributed by atoms with Crippen LogP contribution in [0.2, 0.25) is 0 Å². The van der Waals surface area contributed by atoms with E-state index < -0.39 is 17.2 Å². The van der Waals surface area contributed by atoms with Crippen LogP contribution in [0.3, 0.4) is 0 Å². The molecule has 0 aliphatic heterocycles. The molecular formula is C24H22N2O4. The third kappa shape index (κ3) is 3.26. The summed E-state index contributed by atoms with van der Waals surface area (Å²) in [7, 11) is 0. The van der Waals surface area contributed by atoms with Gasteiger partial charge in [-0.15, -0.1) is 0 Å². The summed E-state index contributed by atoms with van der Waals surface area (Å²) < 4.78 is 1.45. The zero-order valence-electron chi connectivity index (χ0n) is 16.9. The number of carbonyl (C=O) groups is 1. The molecule has 0 aliphatic rings. The molecular weight excluding hydrogens is 380 g/mol. The second-order valence-corrected chi connectivity index (χ2v) is 8.26. The highest BCUT2D eigenvalue weighted by Gasteiger charge is 2.22. The van der Waals surface area contributed by atoms with Crippen LogP contribution in [0.1, 0.15) is 36.7 Å². The fraction of sp³-hybridized carbons (Fsp3) is 0.167. The van der Waals surface area contributed by atoms with E-state index >= 15 is 0 Å². The van der Waals surface area contributed by atoms with Crippen LogP contribution in [0, 0.1) is 0 Å². The molecule has 0 amide bonds. The molecule has 3 N–H and O–H groups in total. The average molecular weight is 402 g/mol. The molecule has 4 rings (SSSR count). The van der Waals surface area contributed by atoms with Gasteiger partial charge in [0.15, 0.2) is 17.2 Å². The van der Waals surface area contributed by atoms with E-state index in [-0.39, 0.29) is 17.1 Å². The van der Waals surface area contributed by atoms with Gasteiger partial charge >= 0.3 is 0 Å². The molecule has 4 aromatic rings. The Hall–Kier alpha value is -3.80. The van der Waals surface area contributed by atoms with E-state index in [9.17, 15) is 20.1 Å². The molecule has 0 radical (unpaired) electrons. The average Bonchev–Trinajstić information content (AvgIpc) is 3.10. The van der Waals surface area contributed by atoms with Gasteiger partial charge in [-0.25, -0.2) is 4.98 Å². The number of aromatic hydroxyl groups is 3. The number of para-hydroxylation sites is 2. The van der Waals surface area contributed by atoms with E-state index in [4.69, 9.17) is 0 Å². The zero-order valence-corrected chi connectivity index (χ0v) is 16.9. The molecule has 152 valence electrons. The Balaban J connectivity index is 1.90. The minimum absolute atomic E-state index is 0.0322. The second kappa shape index (κ2) is 6.91. The summed E-state index contributed by atoms with van der Waals surface area (Å²) in [6.45, 7) is 6.32. The van der Waals surface area contributed by atoms with E-state index in [1.54, 1.807) is 24.3 Å². The minimum atomic E-state index is -0.620. The quantitative estimate of drug-likeness (QED) is 0.418. The maximum atomic E-state index is 13.5. The Kier molecular flexibility index (Phi) is 4.50. The van der Waals surface area contributed by atoms with E-state index in [1.807, 2.05) is 24.3 Å². The van der Waals surface area contributed by atoms with Gasteiger partial charge in [-0.3, -0.25) is 9.36 Å². The summed E-state index contributed by atoms with van der Waals surface area (Å²) in [4.78, 5) is 18.0. The Morgan fingerprint density at radius 1 is 0.900 bits per heavy atom. The van der Waals surface area contributed by atoms with Crippen LogP contribution in [0.4, 0.5) is 0 Å². The van der Waals surface area contributed by atoms with Crippen molar-refractivity contribution >= 4 is 16.9 Å². The molecule has 0 bridgehead atoms. The van der Waals surface area contributed by atoms with Gasteiger partial charge in [0.1, 0.15) is 5.82 Å². The van der Waals surface area contributed by atoms with Gasteiger partial charge in [0.25, 0.3) is 5.91 Å². The lowest BCUT2D eigenvalue weighted by atomic mass is 9.86. The van der Waals surface area contributed by atoms with E-state index in [0.717, 1.165) is 5.56 Å². The van der Waals surface area contributed by atoms with Gasteiger partial charge in [0, 0.05) is 11.1 Å². The minimum Gasteiger partial charge on any atom is -0.504 e. The molecule has 1 heterocycles. The number of imidazole rings is 1. The van der Waals surface area contributed by atoms with Crippen molar-refractivity contribution in [3.63, 3.8) is 0 Å². The molecule has 30 heavy (non-hydrogen) atoms. The molecule has 0 aliphatic carbocycles. The number of phenols is 3. The topological polar surface area (TPSA) is 95.6 Å². The normalized spacial score (nSPS) is 11.7. The van der Waals surface area contributed by atoms with Crippen molar-refractivity contribution in [3.8, 4) is 28.6 Å². The van der Waals surface area contributed by atoms with Gasteiger partial charge in [0.2, 0.25) is 0 Å². The first kappa shape index (κ1) is 19.5. The van der Waals surface area contributed by atoms with Crippen LogP contribution >= 0.6 is 0 Å². The molecule has 0 fully saturated rings. The highest BCUT2D eigenvalue weighted by atomic mass is 16.3. The first-order valence-corrected chi connectivity index (χ1v) is 9.55. The number of aromatic nitrogens is 2. The van der Waals surface area contributed by atoms with Gasteiger partial charge in [-0.2, -0.15) is 0 Å². The van der Waals surface area contributed by atoms with Crippen molar-refractivity contribution < 1.29 is 20.1 Å². The summed E-state index contributed by atoms with van der Waals surface area (Å²) in [5, 5.41) is 29.5. The molecule has 0 spiro atoms. The molecule has 3 aromatic carbocycles. The summed E-state index contributed by atoms with van der Waals surface area (Å²) in [5.41, 5.74) is 3.07. The van der Waals surface area contributed by atoms with Crippen molar-refractivity contribution in [1.82, 2.24) is 9.55 Å². The number of nitrogens with zero attached hydrogens (tertiary/aromatic N) is 2. The maximum absolute atomic E-state index is 13.5. The molecule has 1 aromatic heterocycles. The monoisotopic (exact) mass is 402 g/mol. The third-order valence-electron chi connectivity index (χ3n) is 5.09. The fourth-order valence-electron chi connectivity index (χ4n) is 3.40. The van der Waals surface area contributed by atoms with E-state index in [2.05, 4.69) is 25.8 Å². The van der Waals surface area contributed by atoms with Crippen molar-refractivity contribution in [1.29, 1.82) is 0 Å². The van der Waals surface area contributed by atoms with Gasteiger partial charge in [0.05, 0.1) is 11.0 Å². The standard InChI is InChI=1S/C24H22N2O4/c1-24(2,3)16-10-8-14(9-11-16)23(30)26-18-7-5-4-6-17(18)25-22(26)15-12-19(27)21(29)20(28)13-15/h4-13,27-29H,1-3H3. The van der Waals surface area contributed by atoms with Crippen LogP contribution in [-0.2, 0) is 5.41 Å². The Bertz CT molecular complexity index is 1240. The summed E-state index contributed by atoms with van der Waals surface area (Å²) in [6, 6.07) is 17.2. The van der Waals surface area contributed by atoms with Crippen LogP contribution in [-0.4, -0.2) is 30.8 Å². The van der Waals surface area contributed by atoms with Gasteiger partial charge in [-0.1, -0.05) is 45.0 Å². The number of carbonyl (C=O) groups excluding carboxylic acids is 1. The number of hydrogen-bond acceptors (Lipinski definition) is 5. The number of hydrogen-bond donors (Lipinski definition) is 3. The zero-order chi connectivity index (χ0) is 21.6. The van der Waals surface area contributed by atoms with Crippen LogP contribution in [0.5, 0.6) is 17.2 Å². The SMILES string of the molecule is CC(C)(C)c1ccc(C(=O)n2c(-c3cc(O)c(O)c(O)c3)nc3ccccc32)cc1. The van der Waals surface area contributed by atoms with Crippen LogP contribution in [0.25, 0.3) is 22.4 Å². The molecule has 0 atom stereocenters. The Labute approximate surface area is 173 Å². The second-order valence-electron chi connectivity index (χ2n) is 8.26. The van der Waals surface area contributed by atoms with E-state index in [1.165, 1.54) is 16.7 Å². The molecule has 0 unspecified atom stereocenters. The molecule has 6 heteroatoms. The highest BCUT2D eigenvalue weighted by molar-refractivity contribution is 6.04. The number of benzene rings is 3. The largest absolute Gasteiger partial charge is 0.504 e. The predicted molar refractivity (Wildman–Crippen MR) is 115 cm³/mol. The number of fused-ring (bicyclic) bond motifs is 1. The lowest BCUT2D eigenvalue weighted by molar-refractivity contribution is 0.0966. The first-order chi connectivity index (χ1) is 14.2. The van der Waals surface area contributed by atoms with Crippen LogP contribution < -0.4 is 0 Å². The molecule has 0 saturated carbocycles. The Morgan fingerprint density at radius 3 is 2.10 bits per heavy atom. The molecule has 0 saturated heterocycles. The van der Waals surface area contributed by atoms with Crippen molar-refractivity contribution in [2.24, 2.45) is 0 Å². The summed E-state index contributed by atoms with van der Waals surface area (Å²) in [5.74, 6) is -1.64. The Morgan fingerprint density at radius 2 is 1.50 bits per heavy atom. The number of phenolic OH excluding ortho intramolecular Hbond substituents is 3. The summed E-state index contributed by atoms with van der Waals surface area (Å²) in [6.07, 6.45) is 0. The predicted octanol–water partition coefficient (Wildman–Crippen LogP) is 4.81. The lowest BCUT2D eigenvalue weighted by Gasteiger charge is -2.19. The highest BCUT2D eigenvalue weighted by Crippen LogP contribution is 2.39. The smallest absolute Gasteiger partial charge is 0.264 e. The van der Waals surface area contributed by atoms with Gasteiger partial charge in [-0.05, 0) is 47.4 Å². The summed E-state index contributed by atoms with van der Waals surface area (Å²) >= 11 is 0. The maximum Gasteiger partial charge on any atom is 0.264 e.